The normalized spacial score (nSPS) is 29.2. The highest BCUT2D eigenvalue weighted by molar-refractivity contribution is 5.76. The average molecular weight is 1210 g/mol. The lowest BCUT2D eigenvalue weighted by Crippen LogP contribution is -2.66. The summed E-state index contributed by atoms with van der Waals surface area (Å²) in [4.78, 5) is 13.4. The fourth-order valence-electron chi connectivity index (χ4n) is 11.8. The number of aliphatic hydroxyl groups excluding tert-OH is 11. The summed E-state index contributed by atoms with van der Waals surface area (Å²) in [5, 5.41) is 121. The molecule has 19 heteroatoms. The van der Waals surface area contributed by atoms with Crippen molar-refractivity contribution < 1.29 is 89.4 Å². The summed E-state index contributed by atoms with van der Waals surface area (Å²) < 4.78 is 34.4. The zero-order valence-electron chi connectivity index (χ0n) is 52.2. The first-order valence-electron chi connectivity index (χ1n) is 33.9. The third-order valence-corrected chi connectivity index (χ3v) is 17.3. The standard InChI is InChI=1S/C65H123NO18/c1-3-5-7-9-11-13-15-17-19-21-22-23-24-25-26-27-28-30-32-34-36-38-40-42-49(70)48(66-53(71)43-41-39-37-35-33-31-29-20-18-16-14-12-10-8-6-4-2)47-79-63-59(77)56(74)61(51(45-68)81-63)84-65-60(78)57(75)62(52(46-69)82-65)83-64-58(76)55(73)54(72)50(44-67)80-64/h20,29,48-52,54-65,67-70,72-78H,3-19,21-28,30-47H2,1-2H3,(H,66,71)/b29-20-. The van der Waals surface area contributed by atoms with Gasteiger partial charge in [-0.1, -0.05) is 231 Å². The number of carbonyl (C=O) groups is 1. The minimum atomic E-state index is -1.97. The zero-order chi connectivity index (χ0) is 61.2. The van der Waals surface area contributed by atoms with Gasteiger partial charge in [0.15, 0.2) is 18.9 Å². The molecule has 19 nitrogen and oxygen atoms in total. The molecule has 3 rings (SSSR count). The maximum Gasteiger partial charge on any atom is 0.220 e. The molecular formula is C65H123NO18. The van der Waals surface area contributed by atoms with E-state index in [2.05, 4.69) is 31.3 Å². The highest BCUT2D eigenvalue weighted by Gasteiger charge is 2.53. The van der Waals surface area contributed by atoms with Crippen LogP contribution in [-0.4, -0.2) is 193 Å². The molecule has 3 heterocycles. The maximum absolute atomic E-state index is 13.4. The second-order valence-electron chi connectivity index (χ2n) is 24.6. The molecule has 3 aliphatic heterocycles. The summed E-state index contributed by atoms with van der Waals surface area (Å²) in [6, 6.07) is -0.889. The smallest absolute Gasteiger partial charge is 0.220 e. The molecule has 3 fully saturated rings. The number of rotatable bonds is 52. The number of amides is 1. The fourth-order valence-corrected chi connectivity index (χ4v) is 11.8. The van der Waals surface area contributed by atoms with E-state index in [1.165, 1.54) is 167 Å². The minimum absolute atomic E-state index is 0.248. The van der Waals surface area contributed by atoms with Gasteiger partial charge in [-0.25, -0.2) is 0 Å². The van der Waals surface area contributed by atoms with Gasteiger partial charge in [-0.05, 0) is 38.5 Å². The van der Waals surface area contributed by atoms with Crippen molar-refractivity contribution in [3.63, 3.8) is 0 Å². The number of hydrogen-bond donors (Lipinski definition) is 12. The van der Waals surface area contributed by atoms with Gasteiger partial charge in [-0.3, -0.25) is 4.79 Å². The number of allylic oxidation sites excluding steroid dienone is 2. The molecule has 0 saturated carbocycles. The van der Waals surface area contributed by atoms with Crippen molar-refractivity contribution in [2.75, 3.05) is 26.4 Å². The van der Waals surface area contributed by atoms with E-state index in [4.69, 9.17) is 28.4 Å². The van der Waals surface area contributed by atoms with Gasteiger partial charge in [-0.15, -0.1) is 0 Å². The van der Waals surface area contributed by atoms with Crippen LogP contribution in [0.15, 0.2) is 12.2 Å². The van der Waals surface area contributed by atoms with Gasteiger partial charge in [0.2, 0.25) is 5.91 Å². The van der Waals surface area contributed by atoms with E-state index in [9.17, 15) is 61.0 Å². The lowest BCUT2D eigenvalue weighted by molar-refractivity contribution is -0.379. The van der Waals surface area contributed by atoms with Gasteiger partial charge in [-0.2, -0.15) is 0 Å². The van der Waals surface area contributed by atoms with Crippen molar-refractivity contribution in [1.29, 1.82) is 0 Å². The van der Waals surface area contributed by atoms with Crippen LogP contribution in [0.3, 0.4) is 0 Å². The molecule has 3 aliphatic rings. The number of carbonyl (C=O) groups excluding carboxylic acids is 1. The first kappa shape index (κ1) is 76.8. The van der Waals surface area contributed by atoms with E-state index in [1.54, 1.807) is 0 Å². The number of aliphatic hydroxyl groups is 11. The molecule has 0 aromatic carbocycles. The second-order valence-corrected chi connectivity index (χ2v) is 24.6. The first-order chi connectivity index (χ1) is 40.8. The van der Waals surface area contributed by atoms with E-state index in [0.29, 0.717) is 12.8 Å². The lowest BCUT2D eigenvalue weighted by atomic mass is 9.96. The van der Waals surface area contributed by atoms with E-state index in [1.807, 2.05) is 0 Å². The molecule has 1 amide bonds. The van der Waals surface area contributed by atoms with Crippen molar-refractivity contribution in [2.45, 2.75) is 369 Å². The Kier molecular flexibility index (Phi) is 44.2. The van der Waals surface area contributed by atoms with E-state index < -0.39 is 124 Å². The van der Waals surface area contributed by atoms with Crippen LogP contribution in [0.25, 0.3) is 0 Å². The molecule has 0 radical (unpaired) electrons. The van der Waals surface area contributed by atoms with Crippen LogP contribution < -0.4 is 5.32 Å². The quantitative estimate of drug-likeness (QED) is 0.0202. The Hall–Kier alpha value is -1.47. The third kappa shape index (κ3) is 30.8. The van der Waals surface area contributed by atoms with Gasteiger partial charge in [0.05, 0.1) is 38.6 Å². The summed E-state index contributed by atoms with van der Waals surface area (Å²) in [6.45, 7) is 1.81. The van der Waals surface area contributed by atoms with Gasteiger partial charge in [0, 0.05) is 6.42 Å². The Morgan fingerprint density at radius 1 is 0.417 bits per heavy atom. The Labute approximate surface area is 506 Å². The maximum atomic E-state index is 13.4. The molecule has 0 aromatic heterocycles. The van der Waals surface area contributed by atoms with Crippen LogP contribution in [0.1, 0.15) is 264 Å². The van der Waals surface area contributed by atoms with Crippen LogP contribution in [0, 0.1) is 0 Å². The second kappa shape index (κ2) is 48.4. The van der Waals surface area contributed by atoms with Crippen molar-refractivity contribution in [2.24, 2.45) is 0 Å². The number of nitrogens with one attached hydrogen (secondary N) is 1. The summed E-state index contributed by atoms with van der Waals surface area (Å²) in [5.74, 6) is -0.248. The number of unbranched alkanes of at least 4 members (excludes halogenated alkanes) is 34. The van der Waals surface area contributed by atoms with E-state index in [-0.39, 0.29) is 18.9 Å². The molecule has 17 atom stereocenters. The van der Waals surface area contributed by atoms with Crippen LogP contribution in [-0.2, 0) is 33.2 Å². The SMILES string of the molecule is CCCCCCCCC/C=C\CCCCCCCC(=O)NC(COC1OC(CO)C(OC2OC(CO)C(OC3OC(CO)C(O)C(O)C3O)C(O)C2O)C(O)C1O)C(O)CCCCCCCCCCCCCCCCCCCCCCCCC. The average Bonchev–Trinajstić information content (AvgIpc) is 2.79. The van der Waals surface area contributed by atoms with Crippen molar-refractivity contribution in [1.82, 2.24) is 5.32 Å². The topological polar surface area (TPSA) is 307 Å². The van der Waals surface area contributed by atoms with Gasteiger partial charge < -0.3 is 89.9 Å². The summed E-state index contributed by atoms with van der Waals surface area (Å²) in [6.07, 6.45) is 24.3. The van der Waals surface area contributed by atoms with Crippen molar-refractivity contribution in [3.8, 4) is 0 Å². The molecule has 0 aromatic rings. The number of ether oxygens (including phenoxy) is 6. The fraction of sp³-hybridized carbons (Fsp3) is 0.954. The molecule has 84 heavy (non-hydrogen) atoms. The molecule has 17 unspecified atom stereocenters. The predicted octanol–water partition coefficient (Wildman–Crippen LogP) is 8.11. The monoisotopic (exact) mass is 1210 g/mol. The van der Waals surface area contributed by atoms with Crippen LogP contribution in [0.2, 0.25) is 0 Å². The highest BCUT2D eigenvalue weighted by Crippen LogP contribution is 2.33. The molecule has 0 bridgehead atoms. The summed E-state index contributed by atoms with van der Waals surface area (Å²) in [5.41, 5.74) is 0. The Balaban J connectivity index is 1.44. The zero-order valence-corrected chi connectivity index (χ0v) is 52.2. The van der Waals surface area contributed by atoms with Crippen LogP contribution in [0.5, 0.6) is 0 Å². The van der Waals surface area contributed by atoms with Gasteiger partial charge in [0.1, 0.15) is 73.2 Å². The largest absolute Gasteiger partial charge is 0.394 e. The number of hydrogen-bond acceptors (Lipinski definition) is 18. The minimum Gasteiger partial charge on any atom is -0.394 e. The van der Waals surface area contributed by atoms with Crippen molar-refractivity contribution in [3.05, 3.63) is 12.2 Å². The van der Waals surface area contributed by atoms with E-state index >= 15 is 0 Å². The molecule has 0 aliphatic carbocycles. The summed E-state index contributed by atoms with van der Waals surface area (Å²) in [7, 11) is 0. The third-order valence-electron chi connectivity index (χ3n) is 17.3. The van der Waals surface area contributed by atoms with Gasteiger partial charge >= 0.3 is 0 Å². The molecular weight excluding hydrogens is 1080 g/mol. The molecule has 496 valence electrons. The highest BCUT2D eigenvalue weighted by atomic mass is 16.8. The first-order valence-corrected chi connectivity index (χ1v) is 33.9. The van der Waals surface area contributed by atoms with Crippen LogP contribution in [0.4, 0.5) is 0 Å². The van der Waals surface area contributed by atoms with Crippen LogP contribution >= 0.6 is 0 Å². The summed E-state index contributed by atoms with van der Waals surface area (Å²) >= 11 is 0. The lowest BCUT2D eigenvalue weighted by Gasteiger charge is -2.48. The Morgan fingerprint density at radius 3 is 1.15 bits per heavy atom. The van der Waals surface area contributed by atoms with E-state index in [0.717, 1.165) is 64.2 Å². The predicted molar refractivity (Wildman–Crippen MR) is 323 cm³/mol. The molecule has 3 saturated heterocycles. The molecule has 0 spiro atoms. The Bertz CT molecular complexity index is 1580. The van der Waals surface area contributed by atoms with Crippen molar-refractivity contribution >= 4 is 5.91 Å². The molecule has 12 N–H and O–H groups in total. The van der Waals surface area contributed by atoms with Gasteiger partial charge in [0.25, 0.3) is 0 Å². The Morgan fingerprint density at radius 2 is 0.750 bits per heavy atom.